The minimum atomic E-state index is -0.869. The van der Waals surface area contributed by atoms with E-state index in [0.29, 0.717) is 12.8 Å². The van der Waals surface area contributed by atoms with Crippen LogP contribution < -0.4 is 0 Å². The molecule has 4 heterocycles. The van der Waals surface area contributed by atoms with Crippen molar-refractivity contribution in [1.29, 1.82) is 0 Å². The number of ketones is 1. The molecule has 9 heteroatoms. The number of benzene rings is 4. The molecule has 2 spiro atoms. The van der Waals surface area contributed by atoms with E-state index in [4.69, 9.17) is 0 Å². The van der Waals surface area contributed by atoms with Gasteiger partial charge in [-0.25, -0.2) is 0 Å². The third-order valence-electron chi connectivity index (χ3n) is 13.3. The van der Waals surface area contributed by atoms with Crippen LogP contribution in [-0.2, 0) is 4.79 Å². The molecule has 4 aliphatic heterocycles. The number of nitro benzene ring substituents is 2. The van der Waals surface area contributed by atoms with E-state index in [1.807, 2.05) is 24.3 Å². The average Bonchev–Trinajstić information content (AvgIpc) is 3.92. The lowest BCUT2D eigenvalue weighted by atomic mass is 9.47. The highest BCUT2D eigenvalue weighted by Crippen LogP contribution is 2.73. The molecule has 0 radical (unpaired) electrons. The van der Waals surface area contributed by atoms with Crippen molar-refractivity contribution >= 4 is 17.2 Å². The summed E-state index contributed by atoms with van der Waals surface area (Å²) < 4.78 is 0. The monoisotopic (exact) mass is 682 g/mol. The van der Waals surface area contributed by atoms with Crippen LogP contribution in [0.25, 0.3) is 0 Å². The van der Waals surface area contributed by atoms with Crippen LogP contribution in [0.1, 0.15) is 91.1 Å². The molecule has 51 heavy (non-hydrogen) atoms. The van der Waals surface area contributed by atoms with E-state index < -0.39 is 10.8 Å². The van der Waals surface area contributed by atoms with Crippen LogP contribution in [0.4, 0.5) is 11.4 Å². The first-order chi connectivity index (χ1) is 24.9. The summed E-state index contributed by atoms with van der Waals surface area (Å²) in [5.74, 6) is -0.110. The molecule has 8 unspecified atom stereocenters. The molecule has 5 fully saturated rings. The number of nitrogens with zero attached hydrogens (tertiary/aromatic N) is 4. The van der Waals surface area contributed by atoms with Crippen molar-refractivity contribution in [2.45, 2.75) is 80.9 Å². The van der Waals surface area contributed by atoms with Crippen molar-refractivity contribution < 1.29 is 14.6 Å². The molecule has 8 atom stereocenters. The summed E-state index contributed by atoms with van der Waals surface area (Å²) in [6.07, 6.45) is 6.07. The minimum Gasteiger partial charge on any atom is -0.298 e. The molecule has 1 aliphatic carbocycles. The molecule has 0 N–H and O–H groups in total. The number of rotatable bonds is 6. The second kappa shape index (κ2) is 12.2. The molecule has 1 saturated carbocycles. The first-order valence-electron chi connectivity index (χ1n) is 18.5. The fourth-order valence-electron chi connectivity index (χ4n) is 12.0. The zero-order chi connectivity index (χ0) is 34.9. The third kappa shape index (κ3) is 4.63. The van der Waals surface area contributed by atoms with Crippen molar-refractivity contribution in [1.82, 2.24) is 9.80 Å². The van der Waals surface area contributed by atoms with Gasteiger partial charge in [-0.3, -0.25) is 34.8 Å². The Morgan fingerprint density at radius 1 is 0.549 bits per heavy atom. The molecule has 9 nitrogen and oxygen atoms in total. The first-order valence-corrected chi connectivity index (χ1v) is 18.5. The lowest BCUT2D eigenvalue weighted by molar-refractivity contribution is -0.385. The van der Waals surface area contributed by atoms with Crippen molar-refractivity contribution in [2.75, 3.05) is 13.1 Å². The topological polar surface area (TPSA) is 110 Å². The predicted octanol–water partition coefficient (Wildman–Crippen LogP) is 8.53. The average molecular weight is 683 g/mol. The van der Waals surface area contributed by atoms with Gasteiger partial charge in [0.25, 0.3) is 11.4 Å². The van der Waals surface area contributed by atoms with E-state index >= 15 is 4.79 Å². The van der Waals surface area contributed by atoms with Crippen molar-refractivity contribution in [3.63, 3.8) is 0 Å². The largest absolute Gasteiger partial charge is 0.298 e. The van der Waals surface area contributed by atoms with Gasteiger partial charge in [-0.05, 0) is 73.9 Å². The standard InChI is InChI=1S/C42H42N4O5/c47-40-41(36(28-12-3-1-4-13-28)34-20-9-25-44(34)39(41)31-17-8-19-33(27-31)46(50)51)22-11-23-42(40)37(30-16-7-18-32(26-30)45(48)49)35-21-10-24-43(35)38(42)29-14-5-2-6-15-29/h1-8,12-19,26-27,34-39H,9-11,20-25H2. The number of nitro groups is 2. The molecular weight excluding hydrogens is 640 g/mol. The Bertz CT molecular complexity index is 1870. The second-order valence-electron chi connectivity index (χ2n) is 15.4. The highest BCUT2D eigenvalue weighted by molar-refractivity contribution is 5.96. The third-order valence-corrected chi connectivity index (χ3v) is 13.3. The highest BCUT2D eigenvalue weighted by Gasteiger charge is 2.74. The lowest BCUT2D eigenvalue weighted by Crippen LogP contribution is -2.56. The van der Waals surface area contributed by atoms with Crippen LogP contribution in [0, 0.1) is 31.1 Å². The summed E-state index contributed by atoms with van der Waals surface area (Å²) in [5, 5.41) is 24.4. The van der Waals surface area contributed by atoms with Gasteiger partial charge in [-0.2, -0.15) is 0 Å². The number of carbonyl (C=O) groups excluding carboxylic acids is 1. The second-order valence-corrected chi connectivity index (χ2v) is 15.4. The minimum absolute atomic E-state index is 0.0395. The summed E-state index contributed by atoms with van der Waals surface area (Å²) in [5.41, 5.74) is 2.31. The molecule has 9 rings (SSSR count). The van der Waals surface area contributed by atoms with Crippen LogP contribution in [0.15, 0.2) is 109 Å². The van der Waals surface area contributed by atoms with E-state index in [-0.39, 0.29) is 63.0 Å². The van der Waals surface area contributed by atoms with Gasteiger partial charge in [0.2, 0.25) is 0 Å². The Kier molecular flexibility index (Phi) is 7.70. The molecule has 0 amide bonds. The quantitative estimate of drug-likeness (QED) is 0.148. The number of hydrogen-bond donors (Lipinski definition) is 0. The maximum absolute atomic E-state index is 16.9. The van der Waals surface area contributed by atoms with E-state index in [2.05, 4.69) is 58.3 Å². The van der Waals surface area contributed by atoms with E-state index in [1.54, 1.807) is 36.4 Å². The van der Waals surface area contributed by atoms with Gasteiger partial charge in [0, 0.05) is 60.3 Å². The lowest BCUT2D eigenvalue weighted by Gasteiger charge is -2.54. The zero-order valence-corrected chi connectivity index (χ0v) is 28.6. The highest BCUT2D eigenvalue weighted by atomic mass is 16.6. The molecule has 260 valence electrons. The van der Waals surface area contributed by atoms with Crippen LogP contribution in [0.2, 0.25) is 0 Å². The summed E-state index contributed by atoms with van der Waals surface area (Å²) in [4.78, 5) is 45.7. The van der Waals surface area contributed by atoms with Gasteiger partial charge in [-0.1, -0.05) is 91.3 Å². The van der Waals surface area contributed by atoms with Crippen LogP contribution in [0.5, 0.6) is 0 Å². The molecule has 5 aliphatic rings. The fourth-order valence-corrected chi connectivity index (χ4v) is 12.0. The molecule has 0 bridgehead atoms. The maximum Gasteiger partial charge on any atom is 0.269 e. The number of non-ortho nitro benzene ring substituents is 2. The summed E-state index contributed by atoms with van der Waals surface area (Å²) >= 11 is 0. The Morgan fingerprint density at radius 3 is 1.55 bits per heavy atom. The van der Waals surface area contributed by atoms with Gasteiger partial charge in [0.15, 0.2) is 0 Å². The van der Waals surface area contributed by atoms with Crippen molar-refractivity contribution in [2.24, 2.45) is 10.8 Å². The Balaban J connectivity index is 1.33. The molecule has 4 saturated heterocycles. The molecule has 4 aromatic carbocycles. The molecular formula is C42H42N4O5. The summed E-state index contributed by atoms with van der Waals surface area (Å²) in [6, 6.07) is 34.7. The van der Waals surface area contributed by atoms with E-state index in [0.717, 1.165) is 67.4 Å². The predicted molar refractivity (Wildman–Crippen MR) is 193 cm³/mol. The van der Waals surface area contributed by atoms with E-state index in [1.165, 1.54) is 0 Å². The normalized spacial score (nSPS) is 33.1. The summed E-state index contributed by atoms with van der Waals surface area (Å²) in [6.45, 7) is 1.69. The Hall–Kier alpha value is -4.73. The van der Waals surface area contributed by atoms with Crippen molar-refractivity contribution in [3.05, 3.63) is 152 Å². The van der Waals surface area contributed by atoms with Gasteiger partial charge < -0.3 is 0 Å². The smallest absolute Gasteiger partial charge is 0.269 e. The van der Waals surface area contributed by atoms with Crippen LogP contribution >= 0.6 is 0 Å². The number of fused-ring (bicyclic) bond motifs is 2. The number of carbonyl (C=O) groups is 1. The fraction of sp³-hybridized carbons (Fsp3) is 0.405. The Morgan fingerprint density at radius 2 is 1.00 bits per heavy atom. The zero-order valence-electron chi connectivity index (χ0n) is 28.6. The SMILES string of the molecule is O=C1C2(CCCC13C(c1ccccc1)C1CCCN1C3c1cccc([N+](=O)[O-])c1)C(c1cccc([N+](=O)[O-])c1)C1CCCN1C2c1ccccc1. The molecule has 4 aromatic rings. The Labute approximate surface area is 297 Å². The molecule has 0 aromatic heterocycles. The number of Topliss-reactive ketones (excluding diaryl/α,β-unsaturated/α-hetero) is 1. The number of hydrogen-bond acceptors (Lipinski definition) is 7. The van der Waals surface area contributed by atoms with E-state index in [9.17, 15) is 20.2 Å². The van der Waals surface area contributed by atoms with Crippen LogP contribution in [-0.4, -0.2) is 50.6 Å². The maximum atomic E-state index is 16.9. The van der Waals surface area contributed by atoms with Gasteiger partial charge in [0.1, 0.15) is 5.78 Å². The summed E-state index contributed by atoms with van der Waals surface area (Å²) in [7, 11) is 0. The first kappa shape index (κ1) is 32.2. The van der Waals surface area contributed by atoms with Crippen molar-refractivity contribution in [3.8, 4) is 0 Å². The van der Waals surface area contributed by atoms with Crippen LogP contribution in [0.3, 0.4) is 0 Å². The van der Waals surface area contributed by atoms with Gasteiger partial charge in [0.05, 0.1) is 20.7 Å². The van der Waals surface area contributed by atoms with Gasteiger partial charge >= 0.3 is 0 Å². The van der Waals surface area contributed by atoms with Gasteiger partial charge in [-0.15, -0.1) is 0 Å².